The molecule has 2 fully saturated rings. The van der Waals surface area contributed by atoms with Crippen LogP contribution < -0.4 is 10.1 Å². The van der Waals surface area contributed by atoms with E-state index in [2.05, 4.69) is 29.6 Å². The summed E-state index contributed by atoms with van der Waals surface area (Å²) in [6.45, 7) is 0.858. The maximum Gasteiger partial charge on any atom is 0.119 e. The zero-order chi connectivity index (χ0) is 13.1. The second kappa shape index (κ2) is 6.16. The van der Waals surface area contributed by atoms with Crippen molar-refractivity contribution in [2.24, 2.45) is 0 Å². The standard InChI is InChI=1S/C15H21NO2S/c1-16-15(14-10-19-9-8-17-14)11-2-4-12(5-3-11)18-13-6-7-13/h2-5,13-16H,6-10H2,1H3. The molecule has 2 aliphatic rings. The van der Waals surface area contributed by atoms with E-state index in [0.717, 1.165) is 23.9 Å². The van der Waals surface area contributed by atoms with Crippen LogP contribution in [0.3, 0.4) is 0 Å². The summed E-state index contributed by atoms with van der Waals surface area (Å²) < 4.78 is 11.7. The Balaban J connectivity index is 1.67. The van der Waals surface area contributed by atoms with Gasteiger partial charge in [0.2, 0.25) is 0 Å². The van der Waals surface area contributed by atoms with E-state index < -0.39 is 0 Å². The second-order valence-corrected chi connectivity index (χ2v) is 6.29. The molecule has 1 aliphatic heterocycles. The van der Waals surface area contributed by atoms with Crippen molar-refractivity contribution in [2.45, 2.75) is 31.1 Å². The molecule has 3 rings (SSSR count). The van der Waals surface area contributed by atoms with E-state index in [1.807, 2.05) is 18.8 Å². The lowest BCUT2D eigenvalue weighted by atomic mass is 10.0. The first kappa shape index (κ1) is 13.3. The summed E-state index contributed by atoms with van der Waals surface area (Å²) in [6, 6.07) is 8.73. The fourth-order valence-corrected chi connectivity index (χ4v) is 3.30. The third-order valence-electron chi connectivity index (χ3n) is 3.59. The van der Waals surface area contributed by atoms with Gasteiger partial charge in [-0.05, 0) is 37.6 Å². The maximum absolute atomic E-state index is 5.88. The Labute approximate surface area is 119 Å². The van der Waals surface area contributed by atoms with Gasteiger partial charge in [-0.2, -0.15) is 11.8 Å². The van der Waals surface area contributed by atoms with Crippen LogP contribution in [0.15, 0.2) is 24.3 Å². The van der Waals surface area contributed by atoms with Gasteiger partial charge in [-0.3, -0.25) is 0 Å². The second-order valence-electron chi connectivity index (χ2n) is 5.14. The van der Waals surface area contributed by atoms with Crippen molar-refractivity contribution in [2.75, 3.05) is 25.2 Å². The van der Waals surface area contributed by atoms with Crippen LogP contribution in [0, 0.1) is 0 Å². The molecule has 1 aliphatic carbocycles. The molecule has 0 radical (unpaired) electrons. The van der Waals surface area contributed by atoms with E-state index in [0.29, 0.717) is 6.10 Å². The van der Waals surface area contributed by atoms with Gasteiger partial charge in [-0.1, -0.05) is 12.1 Å². The largest absolute Gasteiger partial charge is 0.490 e. The van der Waals surface area contributed by atoms with Crippen molar-refractivity contribution in [3.8, 4) is 5.75 Å². The van der Waals surface area contributed by atoms with Crippen molar-refractivity contribution in [3.05, 3.63) is 29.8 Å². The number of nitrogens with one attached hydrogen (secondary N) is 1. The van der Waals surface area contributed by atoms with Crippen LogP contribution in [-0.4, -0.2) is 37.4 Å². The highest BCUT2D eigenvalue weighted by molar-refractivity contribution is 7.99. The van der Waals surface area contributed by atoms with Crippen LogP contribution in [0.2, 0.25) is 0 Å². The molecule has 1 aromatic carbocycles. The van der Waals surface area contributed by atoms with E-state index in [-0.39, 0.29) is 12.1 Å². The van der Waals surface area contributed by atoms with Crippen LogP contribution in [0.4, 0.5) is 0 Å². The van der Waals surface area contributed by atoms with E-state index >= 15 is 0 Å². The Morgan fingerprint density at radius 1 is 1.32 bits per heavy atom. The fraction of sp³-hybridized carbons (Fsp3) is 0.600. The smallest absolute Gasteiger partial charge is 0.119 e. The van der Waals surface area contributed by atoms with Gasteiger partial charge in [0, 0.05) is 11.5 Å². The van der Waals surface area contributed by atoms with Gasteiger partial charge in [0.25, 0.3) is 0 Å². The van der Waals surface area contributed by atoms with Crippen LogP contribution in [0.25, 0.3) is 0 Å². The van der Waals surface area contributed by atoms with Gasteiger partial charge >= 0.3 is 0 Å². The molecule has 0 amide bonds. The number of thioether (sulfide) groups is 1. The van der Waals surface area contributed by atoms with Gasteiger partial charge in [0.05, 0.1) is 24.9 Å². The van der Waals surface area contributed by atoms with E-state index in [1.165, 1.54) is 18.4 Å². The van der Waals surface area contributed by atoms with Crippen molar-refractivity contribution in [1.82, 2.24) is 5.32 Å². The molecule has 4 heteroatoms. The van der Waals surface area contributed by atoms with Crippen molar-refractivity contribution >= 4 is 11.8 Å². The van der Waals surface area contributed by atoms with Gasteiger partial charge in [-0.25, -0.2) is 0 Å². The minimum Gasteiger partial charge on any atom is -0.490 e. The Bertz CT molecular complexity index is 399. The molecule has 0 bridgehead atoms. The lowest BCUT2D eigenvalue weighted by Gasteiger charge is -2.30. The molecule has 3 nitrogen and oxygen atoms in total. The molecule has 104 valence electrons. The molecule has 2 atom stereocenters. The van der Waals surface area contributed by atoms with Crippen molar-refractivity contribution in [3.63, 3.8) is 0 Å². The average Bonchev–Trinajstić information content (AvgIpc) is 3.27. The molecule has 2 unspecified atom stereocenters. The topological polar surface area (TPSA) is 30.5 Å². The zero-order valence-electron chi connectivity index (χ0n) is 11.3. The van der Waals surface area contributed by atoms with Gasteiger partial charge in [0.15, 0.2) is 0 Å². The molecule has 1 N–H and O–H groups in total. The molecule has 19 heavy (non-hydrogen) atoms. The first-order valence-corrected chi connectivity index (χ1v) is 8.15. The summed E-state index contributed by atoms with van der Waals surface area (Å²) in [5.41, 5.74) is 1.28. The minimum atomic E-state index is 0.263. The number of hydrogen-bond donors (Lipinski definition) is 1. The van der Waals surface area contributed by atoms with E-state index in [4.69, 9.17) is 9.47 Å². The molecular formula is C15H21NO2S. The lowest BCUT2D eigenvalue weighted by molar-refractivity contribution is 0.0488. The predicted octanol–water partition coefficient (Wildman–Crippen LogP) is 2.62. The number of ether oxygens (including phenoxy) is 2. The Kier molecular flexibility index (Phi) is 4.31. The number of hydrogen-bond acceptors (Lipinski definition) is 4. The minimum absolute atomic E-state index is 0.263. The zero-order valence-corrected chi connectivity index (χ0v) is 12.1. The summed E-state index contributed by atoms with van der Waals surface area (Å²) in [4.78, 5) is 0. The molecule has 1 saturated carbocycles. The van der Waals surface area contributed by atoms with E-state index in [1.54, 1.807) is 0 Å². The van der Waals surface area contributed by atoms with Crippen molar-refractivity contribution in [1.29, 1.82) is 0 Å². The summed E-state index contributed by atoms with van der Waals surface area (Å²) in [6.07, 6.45) is 3.13. The Morgan fingerprint density at radius 2 is 2.11 bits per heavy atom. The van der Waals surface area contributed by atoms with Crippen LogP contribution in [0.5, 0.6) is 5.75 Å². The summed E-state index contributed by atoms with van der Waals surface area (Å²) in [7, 11) is 2.00. The maximum atomic E-state index is 5.88. The van der Waals surface area contributed by atoms with Crippen LogP contribution in [0.1, 0.15) is 24.4 Å². The number of benzene rings is 1. The molecule has 0 aromatic heterocycles. The van der Waals surface area contributed by atoms with E-state index in [9.17, 15) is 0 Å². The fourth-order valence-electron chi connectivity index (χ4n) is 2.40. The normalized spacial score (nSPS) is 25.0. The lowest BCUT2D eigenvalue weighted by Crippen LogP contribution is -2.36. The number of likely N-dealkylation sites (N-methyl/N-ethyl adjacent to an activating group) is 1. The summed E-state index contributed by atoms with van der Waals surface area (Å²) in [5.74, 6) is 3.16. The SMILES string of the molecule is CNC(c1ccc(OC2CC2)cc1)C1CSCCO1. The molecule has 1 saturated heterocycles. The molecule has 1 heterocycles. The first-order valence-electron chi connectivity index (χ1n) is 7.00. The monoisotopic (exact) mass is 279 g/mol. The Hall–Kier alpha value is -0.710. The van der Waals surface area contributed by atoms with Crippen LogP contribution >= 0.6 is 11.8 Å². The predicted molar refractivity (Wildman–Crippen MR) is 79.0 cm³/mol. The molecular weight excluding hydrogens is 258 g/mol. The first-order chi connectivity index (χ1) is 9.36. The van der Waals surface area contributed by atoms with Gasteiger partial charge < -0.3 is 14.8 Å². The third kappa shape index (κ3) is 3.44. The average molecular weight is 279 g/mol. The van der Waals surface area contributed by atoms with Gasteiger partial charge in [-0.15, -0.1) is 0 Å². The number of rotatable bonds is 5. The van der Waals surface area contributed by atoms with Crippen molar-refractivity contribution < 1.29 is 9.47 Å². The molecule has 1 aromatic rings. The molecule has 0 spiro atoms. The highest BCUT2D eigenvalue weighted by Gasteiger charge is 2.26. The third-order valence-corrected chi connectivity index (χ3v) is 4.61. The van der Waals surface area contributed by atoms with Gasteiger partial charge in [0.1, 0.15) is 5.75 Å². The summed E-state index contributed by atoms with van der Waals surface area (Å²) in [5, 5.41) is 3.38. The highest BCUT2D eigenvalue weighted by atomic mass is 32.2. The summed E-state index contributed by atoms with van der Waals surface area (Å²) >= 11 is 1.97. The highest BCUT2D eigenvalue weighted by Crippen LogP contribution is 2.29. The quantitative estimate of drug-likeness (QED) is 0.897. The van der Waals surface area contributed by atoms with Crippen LogP contribution in [-0.2, 0) is 4.74 Å². The Morgan fingerprint density at radius 3 is 2.68 bits per heavy atom.